The number of ether oxygens (including phenoxy) is 1. The summed E-state index contributed by atoms with van der Waals surface area (Å²) >= 11 is 0. The molecule has 2 aliphatic heterocycles. The molecule has 0 bridgehead atoms. The summed E-state index contributed by atoms with van der Waals surface area (Å²) in [5.41, 5.74) is -1.16. The monoisotopic (exact) mass is 434 g/mol. The molecular formula is C19H25F3N2O4S. The molecule has 0 radical (unpaired) electrons. The van der Waals surface area contributed by atoms with Crippen LogP contribution in [0.2, 0.25) is 0 Å². The van der Waals surface area contributed by atoms with Gasteiger partial charge in [-0.2, -0.15) is 17.5 Å². The SMILES string of the molecule is CCC(C)C1COC(=O)N1C1CCN(S(=O)(=O)c2ccccc2C(F)(F)F)CC1. The van der Waals surface area contributed by atoms with E-state index in [4.69, 9.17) is 4.74 Å². The fourth-order valence-electron chi connectivity index (χ4n) is 4.00. The highest BCUT2D eigenvalue weighted by Gasteiger charge is 2.44. The normalized spacial score (nSPS) is 23.3. The number of carbonyl (C=O) groups is 1. The molecule has 0 aromatic heterocycles. The maximum Gasteiger partial charge on any atom is 0.417 e. The molecule has 2 atom stereocenters. The maximum absolute atomic E-state index is 13.3. The summed E-state index contributed by atoms with van der Waals surface area (Å²) in [5, 5.41) is 0. The number of alkyl halides is 3. The van der Waals surface area contributed by atoms with Gasteiger partial charge in [-0.3, -0.25) is 4.90 Å². The third-order valence-electron chi connectivity index (χ3n) is 5.87. The summed E-state index contributed by atoms with van der Waals surface area (Å²) in [6.07, 6.45) is -3.58. The Morgan fingerprint density at radius 1 is 1.21 bits per heavy atom. The minimum absolute atomic E-state index is 0.0518. The van der Waals surface area contributed by atoms with Crippen molar-refractivity contribution in [3.8, 4) is 0 Å². The molecule has 0 spiro atoms. The van der Waals surface area contributed by atoms with Gasteiger partial charge in [0, 0.05) is 19.1 Å². The lowest BCUT2D eigenvalue weighted by Crippen LogP contribution is -2.51. The van der Waals surface area contributed by atoms with Crippen LogP contribution in [0.4, 0.5) is 18.0 Å². The van der Waals surface area contributed by atoms with Crippen LogP contribution in [-0.4, -0.2) is 55.5 Å². The van der Waals surface area contributed by atoms with Crippen LogP contribution in [0.5, 0.6) is 0 Å². The van der Waals surface area contributed by atoms with E-state index in [1.807, 2.05) is 13.8 Å². The summed E-state index contributed by atoms with van der Waals surface area (Å²) in [6.45, 7) is 4.48. The number of cyclic esters (lactones) is 1. The van der Waals surface area contributed by atoms with Crippen LogP contribution in [0.3, 0.4) is 0 Å². The molecule has 29 heavy (non-hydrogen) atoms. The fourth-order valence-corrected chi connectivity index (χ4v) is 5.68. The molecule has 0 aliphatic carbocycles. The van der Waals surface area contributed by atoms with Gasteiger partial charge >= 0.3 is 12.3 Å². The third-order valence-corrected chi connectivity index (χ3v) is 7.83. The van der Waals surface area contributed by atoms with Crippen molar-refractivity contribution in [2.24, 2.45) is 5.92 Å². The molecule has 6 nitrogen and oxygen atoms in total. The third kappa shape index (κ3) is 4.23. The molecular weight excluding hydrogens is 409 g/mol. The van der Waals surface area contributed by atoms with Crippen molar-refractivity contribution < 1.29 is 31.1 Å². The number of nitrogens with zero attached hydrogens (tertiary/aromatic N) is 2. The van der Waals surface area contributed by atoms with Crippen LogP contribution in [0.25, 0.3) is 0 Å². The van der Waals surface area contributed by atoms with Crippen molar-refractivity contribution in [1.82, 2.24) is 9.21 Å². The topological polar surface area (TPSA) is 66.9 Å². The highest BCUT2D eigenvalue weighted by Crippen LogP contribution is 2.36. The number of hydrogen-bond donors (Lipinski definition) is 0. The van der Waals surface area contributed by atoms with Crippen molar-refractivity contribution in [2.45, 2.75) is 56.3 Å². The smallest absolute Gasteiger partial charge is 0.417 e. The summed E-state index contributed by atoms with van der Waals surface area (Å²) in [5.74, 6) is 0.238. The molecule has 1 amide bonds. The van der Waals surface area contributed by atoms with E-state index in [-0.39, 0.29) is 31.1 Å². The number of piperidine rings is 1. The first-order chi connectivity index (χ1) is 13.6. The zero-order valence-electron chi connectivity index (χ0n) is 16.4. The van der Waals surface area contributed by atoms with Gasteiger partial charge in [-0.15, -0.1) is 0 Å². The van der Waals surface area contributed by atoms with E-state index >= 15 is 0 Å². The number of carbonyl (C=O) groups excluding carboxylic acids is 1. The highest BCUT2D eigenvalue weighted by atomic mass is 32.2. The summed E-state index contributed by atoms with van der Waals surface area (Å²) in [4.78, 5) is 13.2. The highest BCUT2D eigenvalue weighted by molar-refractivity contribution is 7.89. The van der Waals surface area contributed by atoms with Crippen LogP contribution >= 0.6 is 0 Å². The molecule has 0 saturated carbocycles. The van der Waals surface area contributed by atoms with Crippen molar-refractivity contribution in [1.29, 1.82) is 0 Å². The molecule has 2 aliphatic rings. The number of hydrogen-bond acceptors (Lipinski definition) is 4. The lowest BCUT2D eigenvalue weighted by Gasteiger charge is -2.38. The minimum atomic E-state index is -4.76. The van der Waals surface area contributed by atoms with Crippen LogP contribution in [0, 0.1) is 5.92 Å². The van der Waals surface area contributed by atoms with Gasteiger partial charge in [-0.05, 0) is 30.9 Å². The molecule has 1 aromatic rings. The first-order valence-electron chi connectivity index (χ1n) is 9.68. The number of amides is 1. The van der Waals surface area contributed by atoms with Gasteiger partial charge in [-0.25, -0.2) is 13.2 Å². The Labute approximate surface area is 168 Å². The van der Waals surface area contributed by atoms with Gasteiger partial charge in [0.05, 0.1) is 16.5 Å². The van der Waals surface area contributed by atoms with Gasteiger partial charge in [0.1, 0.15) is 6.61 Å². The van der Waals surface area contributed by atoms with Crippen LogP contribution < -0.4 is 0 Å². The first kappa shape index (κ1) is 21.9. The van der Waals surface area contributed by atoms with Crippen molar-refractivity contribution in [2.75, 3.05) is 19.7 Å². The predicted octanol–water partition coefficient (Wildman–Crippen LogP) is 3.73. The Morgan fingerprint density at radius 2 is 1.83 bits per heavy atom. The zero-order valence-corrected chi connectivity index (χ0v) is 17.2. The fraction of sp³-hybridized carbons (Fsp3) is 0.632. The number of sulfonamides is 1. The Balaban J connectivity index is 1.77. The molecule has 162 valence electrons. The van der Waals surface area contributed by atoms with E-state index < -0.39 is 32.8 Å². The molecule has 2 unspecified atom stereocenters. The molecule has 2 heterocycles. The van der Waals surface area contributed by atoms with Gasteiger partial charge in [0.2, 0.25) is 10.0 Å². The molecule has 10 heteroatoms. The van der Waals surface area contributed by atoms with Gasteiger partial charge in [0.15, 0.2) is 0 Å². The Bertz CT molecular complexity index is 851. The second-order valence-electron chi connectivity index (χ2n) is 7.57. The molecule has 2 saturated heterocycles. The van der Waals surface area contributed by atoms with Gasteiger partial charge < -0.3 is 4.74 Å². The average Bonchev–Trinajstić information content (AvgIpc) is 3.08. The Morgan fingerprint density at radius 3 is 2.41 bits per heavy atom. The maximum atomic E-state index is 13.3. The average molecular weight is 434 g/mol. The second kappa shape index (κ2) is 8.14. The van der Waals surface area contributed by atoms with Crippen LogP contribution in [0.15, 0.2) is 29.2 Å². The predicted molar refractivity (Wildman–Crippen MR) is 99.7 cm³/mol. The summed E-state index contributed by atoms with van der Waals surface area (Å²) in [6, 6.07) is 3.96. The Kier molecular flexibility index (Phi) is 6.14. The number of benzene rings is 1. The van der Waals surface area contributed by atoms with Gasteiger partial charge in [-0.1, -0.05) is 32.4 Å². The largest absolute Gasteiger partial charge is 0.447 e. The summed E-state index contributed by atoms with van der Waals surface area (Å²) in [7, 11) is -4.29. The van der Waals surface area contributed by atoms with E-state index in [0.717, 1.165) is 22.9 Å². The molecule has 1 aromatic carbocycles. The van der Waals surface area contributed by atoms with Crippen LogP contribution in [-0.2, 0) is 20.9 Å². The molecule has 3 rings (SSSR count). The first-order valence-corrected chi connectivity index (χ1v) is 11.1. The van der Waals surface area contributed by atoms with Gasteiger partial charge in [0.25, 0.3) is 0 Å². The van der Waals surface area contributed by atoms with E-state index in [1.54, 1.807) is 4.90 Å². The molecule has 0 N–H and O–H groups in total. The number of halogens is 3. The summed E-state index contributed by atoms with van der Waals surface area (Å²) < 4.78 is 71.9. The van der Waals surface area contributed by atoms with E-state index in [2.05, 4.69) is 0 Å². The Hall–Kier alpha value is -1.81. The standard InChI is InChI=1S/C19H25F3N2O4S/c1-3-13(2)16-12-28-18(25)24(16)14-8-10-23(11-9-14)29(26,27)17-7-5-4-6-15(17)19(20,21)22/h4-7,13-14,16H,3,8-12H2,1-2H3. The van der Waals surface area contributed by atoms with Crippen LogP contribution in [0.1, 0.15) is 38.7 Å². The lowest BCUT2D eigenvalue weighted by molar-refractivity contribution is -0.139. The number of rotatable bonds is 5. The quantitative estimate of drug-likeness (QED) is 0.708. The molecule has 2 fully saturated rings. The zero-order chi connectivity index (χ0) is 21.4. The van der Waals surface area contributed by atoms with Crippen molar-refractivity contribution in [3.63, 3.8) is 0 Å². The van der Waals surface area contributed by atoms with E-state index in [9.17, 15) is 26.4 Å². The minimum Gasteiger partial charge on any atom is -0.447 e. The van der Waals surface area contributed by atoms with Crippen molar-refractivity contribution >= 4 is 16.1 Å². The van der Waals surface area contributed by atoms with E-state index in [1.165, 1.54) is 12.1 Å². The van der Waals surface area contributed by atoms with E-state index in [0.29, 0.717) is 19.4 Å². The van der Waals surface area contributed by atoms with Crippen molar-refractivity contribution in [3.05, 3.63) is 29.8 Å². The second-order valence-corrected chi connectivity index (χ2v) is 9.47. The lowest BCUT2D eigenvalue weighted by atomic mass is 9.95.